The number of carbonyl (C=O) groups is 1. The molecular weight excluding hydrogens is 360 g/mol. The van der Waals surface area contributed by atoms with Gasteiger partial charge in [-0.15, -0.1) is 0 Å². The van der Waals surface area contributed by atoms with Gasteiger partial charge in [0.25, 0.3) is 0 Å². The van der Waals surface area contributed by atoms with Crippen LogP contribution in [0.15, 0.2) is 30.9 Å². The first kappa shape index (κ1) is 18.3. The number of hydrogen-bond acceptors (Lipinski definition) is 6. The van der Waals surface area contributed by atoms with Crippen molar-refractivity contribution in [3.63, 3.8) is 0 Å². The number of nitrogens with zero attached hydrogens (tertiary/aromatic N) is 6. The van der Waals surface area contributed by atoms with Crippen LogP contribution < -0.4 is 4.74 Å². The number of amides is 1. The lowest BCUT2D eigenvalue weighted by atomic mass is 10.2. The van der Waals surface area contributed by atoms with Gasteiger partial charge in [-0.1, -0.05) is 0 Å². The number of carbonyl (C=O) groups excluding carboxylic acids is 1. The standard InChI is InChI=1S/C19H24N6O3/c1-19(2,3)28-18(26)24-7-5-14(12-24)27-17-22-15(13-10-21-23(4)11-13)9-16-20-6-8-25(16)17/h6,8-11,14H,5,7,12H2,1-4H3/t14-/m1/s1. The summed E-state index contributed by atoms with van der Waals surface area (Å²) in [6.45, 7) is 6.63. The summed E-state index contributed by atoms with van der Waals surface area (Å²) in [6.07, 6.45) is 7.41. The minimum Gasteiger partial charge on any atom is -0.459 e. The summed E-state index contributed by atoms with van der Waals surface area (Å²) in [4.78, 5) is 23.0. The van der Waals surface area contributed by atoms with E-state index in [1.54, 1.807) is 26.4 Å². The maximum atomic E-state index is 12.3. The van der Waals surface area contributed by atoms with Crippen molar-refractivity contribution in [3.8, 4) is 17.3 Å². The summed E-state index contributed by atoms with van der Waals surface area (Å²) < 4.78 is 15.1. The molecule has 0 saturated carbocycles. The minimum atomic E-state index is -0.515. The van der Waals surface area contributed by atoms with E-state index in [4.69, 9.17) is 9.47 Å². The highest BCUT2D eigenvalue weighted by atomic mass is 16.6. The molecule has 0 aromatic carbocycles. The fraction of sp³-hybridized carbons (Fsp3) is 0.474. The third-order valence-electron chi connectivity index (χ3n) is 4.43. The molecule has 0 bridgehead atoms. The van der Waals surface area contributed by atoms with Crippen LogP contribution in [0.5, 0.6) is 6.01 Å². The van der Waals surface area contributed by atoms with Crippen molar-refractivity contribution in [2.24, 2.45) is 7.05 Å². The fourth-order valence-corrected chi connectivity index (χ4v) is 3.15. The molecule has 1 aliphatic heterocycles. The number of fused-ring (bicyclic) bond motifs is 1. The molecule has 1 aliphatic rings. The average Bonchev–Trinajstić information content (AvgIpc) is 3.33. The first-order valence-electron chi connectivity index (χ1n) is 9.26. The predicted molar refractivity (Wildman–Crippen MR) is 102 cm³/mol. The van der Waals surface area contributed by atoms with Crippen LogP contribution in [0.3, 0.4) is 0 Å². The molecule has 0 radical (unpaired) electrons. The molecule has 3 aromatic rings. The Hall–Kier alpha value is -3.10. The second kappa shape index (κ2) is 6.81. The van der Waals surface area contributed by atoms with Crippen LogP contribution in [-0.4, -0.2) is 59.9 Å². The number of aromatic nitrogens is 5. The molecule has 4 heterocycles. The zero-order chi connectivity index (χ0) is 19.9. The van der Waals surface area contributed by atoms with Crippen LogP contribution >= 0.6 is 0 Å². The molecule has 9 heteroatoms. The molecule has 0 aliphatic carbocycles. The van der Waals surface area contributed by atoms with E-state index in [-0.39, 0.29) is 12.2 Å². The van der Waals surface area contributed by atoms with Gasteiger partial charge in [-0.3, -0.25) is 9.08 Å². The van der Waals surface area contributed by atoms with Crippen molar-refractivity contribution >= 4 is 11.7 Å². The molecule has 9 nitrogen and oxygen atoms in total. The van der Waals surface area contributed by atoms with E-state index >= 15 is 0 Å². The third-order valence-corrected chi connectivity index (χ3v) is 4.43. The molecule has 1 amide bonds. The molecule has 3 aromatic heterocycles. The lowest BCUT2D eigenvalue weighted by Gasteiger charge is -2.24. The lowest BCUT2D eigenvalue weighted by molar-refractivity contribution is 0.0273. The van der Waals surface area contributed by atoms with Crippen LogP contribution in [0.25, 0.3) is 16.9 Å². The van der Waals surface area contributed by atoms with E-state index in [9.17, 15) is 4.79 Å². The van der Waals surface area contributed by atoms with E-state index in [1.807, 2.05) is 46.3 Å². The Morgan fingerprint density at radius 3 is 2.86 bits per heavy atom. The van der Waals surface area contributed by atoms with Crippen LogP contribution in [0.1, 0.15) is 27.2 Å². The number of imidazole rings is 1. The van der Waals surface area contributed by atoms with Gasteiger partial charge in [0.05, 0.1) is 18.4 Å². The Labute approximate surface area is 162 Å². The van der Waals surface area contributed by atoms with Crippen molar-refractivity contribution in [1.82, 2.24) is 29.0 Å². The van der Waals surface area contributed by atoms with Crippen molar-refractivity contribution < 1.29 is 14.3 Å². The van der Waals surface area contributed by atoms with Gasteiger partial charge in [-0.05, 0) is 20.8 Å². The molecule has 1 fully saturated rings. The molecular formula is C19H24N6O3. The summed E-state index contributed by atoms with van der Waals surface area (Å²) in [5.41, 5.74) is 1.85. The van der Waals surface area contributed by atoms with Gasteiger partial charge in [0.15, 0.2) is 0 Å². The molecule has 148 valence electrons. The Balaban J connectivity index is 1.53. The number of rotatable bonds is 3. The van der Waals surface area contributed by atoms with Gasteiger partial charge in [0.2, 0.25) is 0 Å². The van der Waals surface area contributed by atoms with Gasteiger partial charge in [0.1, 0.15) is 17.4 Å². The molecule has 1 atom stereocenters. The highest BCUT2D eigenvalue weighted by Crippen LogP contribution is 2.24. The average molecular weight is 384 g/mol. The fourth-order valence-electron chi connectivity index (χ4n) is 3.15. The van der Waals surface area contributed by atoms with Gasteiger partial charge >= 0.3 is 12.1 Å². The summed E-state index contributed by atoms with van der Waals surface area (Å²) in [7, 11) is 1.86. The summed E-state index contributed by atoms with van der Waals surface area (Å²) in [5, 5.41) is 4.20. The monoisotopic (exact) mass is 384 g/mol. The summed E-state index contributed by atoms with van der Waals surface area (Å²) in [6, 6.07) is 2.34. The molecule has 28 heavy (non-hydrogen) atoms. The normalized spacial score (nSPS) is 17.3. The van der Waals surface area contributed by atoms with Gasteiger partial charge in [-0.2, -0.15) is 10.1 Å². The largest absolute Gasteiger partial charge is 0.459 e. The van der Waals surface area contributed by atoms with E-state index < -0.39 is 5.60 Å². The number of likely N-dealkylation sites (tertiary alicyclic amines) is 1. The summed E-state index contributed by atoms with van der Waals surface area (Å²) in [5.74, 6) is 0. The highest BCUT2D eigenvalue weighted by molar-refractivity contribution is 5.68. The van der Waals surface area contributed by atoms with E-state index in [2.05, 4.69) is 15.1 Å². The van der Waals surface area contributed by atoms with Gasteiger partial charge < -0.3 is 14.4 Å². The third kappa shape index (κ3) is 3.78. The zero-order valence-corrected chi connectivity index (χ0v) is 16.5. The Kier molecular flexibility index (Phi) is 4.44. The molecule has 0 N–H and O–H groups in total. The first-order chi connectivity index (χ1) is 13.3. The molecule has 4 rings (SSSR count). The molecule has 0 unspecified atom stereocenters. The van der Waals surface area contributed by atoms with E-state index in [1.165, 1.54) is 0 Å². The van der Waals surface area contributed by atoms with Crippen molar-refractivity contribution in [1.29, 1.82) is 0 Å². The smallest absolute Gasteiger partial charge is 0.410 e. The molecule has 1 saturated heterocycles. The maximum Gasteiger partial charge on any atom is 0.410 e. The van der Waals surface area contributed by atoms with Crippen molar-refractivity contribution in [2.45, 2.75) is 38.9 Å². The van der Waals surface area contributed by atoms with E-state index in [0.717, 1.165) is 16.9 Å². The topological polar surface area (TPSA) is 86.8 Å². The second-order valence-electron chi connectivity index (χ2n) is 7.94. The quantitative estimate of drug-likeness (QED) is 0.690. The Morgan fingerprint density at radius 1 is 1.32 bits per heavy atom. The first-order valence-corrected chi connectivity index (χ1v) is 9.26. The van der Waals surface area contributed by atoms with Crippen LogP contribution in [0.4, 0.5) is 4.79 Å². The van der Waals surface area contributed by atoms with Crippen molar-refractivity contribution in [3.05, 3.63) is 30.9 Å². The molecule has 0 spiro atoms. The minimum absolute atomic E-state index is 0.158. The van der Waals surface area contributed by atoms with Crippen LogP contribution in [-0.2, 0) is 11.8 Å². The SMILES string of the molecule is Cn1cc(-c2cc3nccn3c(O[C@@H]3CCN(C(=O)OC(C)(C)C)C3)n2)cn1. The van der Waals surface area contributed by atoms with Crippen LogP contribution in [0.2, 0.25) is 0 Å². The Morgan fingerprint density at radius 2 is 2.14 bits per heavy atom. The van der Waals surface area contributed by atoms with Gasteiger partial charge in [0, 0.05) is 50.2 Å². The highest BCUT2D eigenvalue weighted by Gasteiger charge is 2.31. The van der Waals surface area contributed by atoms with E-state index in [0.29, 0.717) is 25.5 Å². The zero-order valence-electron chi connectivity index (χ0n) is 16.5. The predicted octanol–water partition coefficient (Wildman–Crippen LogP) is 2.52. The van der Waals surface area contributed by atoms with Crippen molar-refractivity contribution in [2.75, 3.05) is 13.1 Å². The number of ether oxygens (including phenoxy) is 2. The number of hydrogen-bond donors (Lipinski definition) is 0. The van der Waals surface area contributed by atoms with Gasteiger partial charge in [-0.25, -0.2) is 9.78 Å². The van der Waals surface area contributed by atoms with Crippen LogP contribution in [0, 0.1) is 0 Å². The number of aryl methyl sites for hydroxylation is 1. The lowest BCUT2D eigenvalue weighted by Crippen LogP contribution is -2.36. The maximum absolute atomic E-state index is 12.3. The second-order valence-corrected chi connectivity index (χ2v) is 7.94. The summed E-state index contributed by atoms with van der Waals surface area (Å²) >= 11 is 0. The Bertz CT molecular complexity index is 1000.